The van der Waals surface area contributed by atoms with Gasteiger partial charge in [-0.25, -0.2) is 0 Å². The van der Waals surface area contributed by atoms with E-state index in [0.29, 0.717) is 5.02 Å². The van der Waals surface area contributed by atoms with Gasteiger partial charge in [0, 0.05) is 31.3 Å². The lowest BCUT2D eigenvalue weighted by atomic mass is 10.2. The lowest BCUT2D eigenvalue weighted by Crippen LogP contribution is -2.17. The predicted octanol–water partition coefficient (Wildman–Crippen LogP) is 2.46. The fourth-order valence-electron chi connectivity index (χ4n) is 1.55. The second-order valence-corrected chi connectivity index (χ2v) is 4.16. The smallest absolute Gasteiger partial charge is 0.0634 e. The lowest BCUT2D eigenvalue weighted by molar-refractivity contribution is 0.685. The van der Waals surface area contributed by atoms with E-state index in [2.05, 4.69) is 21.4 Å². The minimum absolute atomic E-state index is 0.710. The molecule has 0 saturated carbocycles. The van der Waals surface area contributed by atoms with E-state index >= 15 is 0 Å². The Morgan fingerprint density at radius 1 is 1.12 bits per heavy atom. The summed E-state index contributed by atoms with van der Waals surface area (Å²) in [4.78, 5) is 8.03. The van der Waals surface area contributed by atoms with E-state index in [1.54, 1.807) is 18.6 Å². The van der Waals surface area contributed by atoms with Gasteiger partial charge in [-0.3, -0.25) is 9.97 Å². The molecule has 0 unspecified atom stereocenters. The van der Waals surface area contributed by atoms with E-state index in [1.807, 2.05) is 18.3 Å². The van der Waals surface area contributed by atoms with Crippen molar-refractivity contribution < 1.29 is 0 Å². The van der Waals surface area contributed by atoms with Crippen molar-refractivity contribution in [3.8, 4) is 0 Å². The molecule has 17 heavy (non-hydrogen) atoms. The zero-order chi connectivity index (χ0) is 11.9. The Kier molecular flexibility index (Phi) is 4.47. The predicted molar refractivity (Wildman–Crippen MR) is 68.9 cm³/mol. The number of hydrogen-bond acceptors (Lipinski definition) is 3. The summed E-state index contributed by atoms with van der Waals surface area (Å²) in [6, 6.07) is 5.96. The van der Waals surface area contributed by atoms with E-state index in [0.717, 1.165) is 25.1 Å². The molecule has 0 aliphatic heterocycles. The molecule has 4 heteroatoms. The van der Waals surface area contributed by atoms with E-state index in [1.165, 1.54) is 5.56 Å². The van der Waals surface area contributed by atoms with Crippen molar-refractivity contribution in [2.45, 2.75) is 13.0 Å². The minimum atomic E-state index is 0.710. The number of nitrogens with one attached hydrogen (secondary N) is 1. The second kappa shape index (κ2) is 6.33. The van der Waals surface area contributed by atoms with Crippen LogP contribution in [0.3, 0.4) is 0 Å². The van der Waals surface area contributed by atoms with Crippen LogP contribution in [-0.2, 0) is 13.0 Å². The lowest BCUT2D eigenvalue weighted by Gasteiger charge is -2.06. The topological polar surface area (TPSA) is 37.8 Å². The largest absolute Gasteiger partial charge is 0.312 e. The van der Waals surface area contributed by atoms with Crippen LogP contribution in [0.15, 0.2) is 43.0 Å². The van der Waals surface area contributed by atoms with E-state index in [9.17, 15) is 0 Å². The van der Waals surface area contributed by atoms with Gasteiger partial charge in [0.25, 0.3) is 0 Å². The summed E-state index contributed by atoms with van der Waals surface area (Å²) in [5.41, 5.74) is 2.31. The first-order valence-corrected chi connectivity index (χ1v) is 5.92. The Hall–Kier alpha value is -1.45. The van der Waals surface area contributed by atoms with Crippen molar-refractivity contribution in [3.63, 3.8) is 0 Å². The van der Waals surface area contributed by atoms with Crippen LogP contribution < -0.4 is 5.32 Å². The quantitative estimate of drug-likeness (QED) is 0.825. The molecule has 0 atom stereocenters. The van der Waals surface area contributed by atoms with Crippen molar-refractivity contribution >= 4 is 11.6 Å². The molecule has 2 rings (SSSR count). The molecule has 1 N–H and O–H groups in total. The molecule has 0 aliphatic rings. The monoisotopic (exact) mass is 247 g/mol. The van der Waals surface area contributed by atoms with Crippen LogP contribution in [0, 0.1) is 0 Å². The van der Waals surface area contributed by atoms with Gasteiger partial charge in [0.1, 0.15) is 0 Å². The molecule has 0 saturated heterocycles. The van der Waals surface area contributed by atoms with Crippen LogP contribution >= 0.6 is 11.6 Å². The number of rotatable bonds is 5. The van der Waals surface area contributed by atoms with Gasteiger partial charge in [-0.1, -0.05) is 17.7 Å². The Bertz CT molecular complexity index is 459. The molecule has 0 spiro atoms. The van der Waals surface area contributed by atoms with Gasteiger partial charge in [-0.05, 0) is 36.2 Å². The Balaban J connectivity index is 1.76. The molecule has 0 aromatic carbocycles. The SMILES string of the molecule is Clc1cnccc1CNCCc1cccnc1. The van der Waals surface area contributed by atoms with Crippen LogP contribution in [0.4, 0.5) is 0 Å². The summed E-state index contributed by atoms with van der Waals surface area (Å²) >= 11 is 6.01. The Morgan fingerprint density at radius 3 is 2.76 bits per heavy atom. The Labute approximate surface area is 106 Å². The molecule has 0 amide bonds. The third kappa shape index (κ3) is 3.80. The number of pyridine rings is 2. The summed E-state index contributed by atoms with van der Waals surface area (Å²) in [5, 5.41) is 4.06. The van der Waals surface area contributed by atoms with Gasteiger partial charge in [-0.2, -0.15) is 0 Å². The van der Waals surface area contributed by atoms with E-state index in [-0.39, 0.29) is 0 Å². The standard InChI is InChI=1S/C13H14ClN3/c14-13-10-17-7-4-12(13)9-16-6-3-11-2-1-5-15-8-11/h1-2,4-5,7-8,10,16H,3,6,9H2. The van der Waals surface area contributed by atoms with Gasteiger partial charge in [0.15, 0.2) is 0 Å². The third-order valence-electron chi connectivity index (χ3n) is 2.49. The summed E-state index contributed by atoms with van der Waals surface area (Å²) < 4.78 is 0. The number of nitrogens with zero attached hydrogens (tertiary/aromatic N) is 2. The van der Waals surface area contributed by atoms with Crippen molar-refractivity contribution in [3.05, 3.63) is 59.1 Å². The van der Waals surface area contributed by atoms with Gasteiger partial charge in [-0.15, -0.1) is 0 Å². The van der Waals surface area contributed by atoms with Gasteiger partial charge < -0.3 is 5.32 Å². The zero-order valence-corrected chi connectivity index (χ0v) is 10.2. The average Bonchev–Trinajstić information content (AvgIpc) is 2.38. The van der Waals surface area contributed by atoms with Crippen LogP contribution in [0.5, 0.6) is 0 Å². The van der Waals surface area contributed by atoms with Crippen LogP contribution in [0.25, 0.3) is 0 Å². The molecule has 0 fully saturated rings. The molecular weight excluding hydrogens is 234 g/mol. The highest BCUT2D eigenvalue weighted by Gasteiger charge is 1.98. The van der Waals surface area contributed by atoms with Crippen molar-refractivity contribution in [2.24, 2.45) is 0 Å². The zero-order valence-electron chi connectivity index (χ0n) is 9.44. The Morgan fingerprint density at radius 2 is 2.00 bits per heavy atom. The van der Waals surface area contributed by atoms with Crippen LogP contribution in [0.2, 0.25) is 5.02 Å². The average molecular weight is 248 g/mol. The van der Waals surface area contributed by atoms with Gasteiger partial charge >= 0.3 is 0 Å². The van der Waals surface area contributed by atoms with Crippen molar-refractivity contribution in [1.82, 2.24) is 15.3 Å². The van der Waals surface area contributed by atoms with E-state index in [4.69, 9.17) is 11.6 Å². The maximum atomic E-state index is 6.01. The number of aromatic nitrogens is 2. The maximum absolute atomic E-state index is 6.01. The molecule has 2 aromatic heterocycles. The highest BCUT2D eigenvalue weighted by atomic mass is 35.5. The number of halogens is 1. The molecule has 88 valence electrons. The summed E-state index contributed by atoms with van der Waals surface area (Å²) in [6.45, 7) is 1.67. The number of hydrogen-bond donors (Lipinski definition) is 1. The molecule has 2 heterocycles. The highest BCUT2D eigenvalue weighted by molar-refractivity contribution is 6.31. The normalized spacial score (nSPS) is 10.4. The molecule has 0 bridgehead atoms. The molecule has 0 radical (unpaired) electrons. The van der Waals surface area contributed by atoms with Crippen molar-refractivity contribution in [2.75, 3.05) is 6.54 Å². The van der Waals surface area contributed by atoms with E-state index < -0.39 is 0 Å². The maximum Gasteiger partial charge on any atom is 0.0634 e. The van der Waals surface area contributed by atoms with Crippen LogP contribution in [0.1, 0.15) is 11.1 Å². The minimum Gasteiger partial charge on any atom is -0.312 e. The molecule has 0 aliphatic carbocycles. The molecule has 2 aromatic rings. The van der Waals surface area contributed by atoms with Gasteiger partial charge in [0.05, 0.1) is 5.02 Å². The summed E-state index contributed by atoms with van der Waals surface area (Å²) in [6.07, 6.45) is 8.06. The summed E-state index contributed by atoms with van der Waals surface area (Å²) in [5.74, 6) is 0. The fourth-order valence-corrected chi connectivity index (χ4v) is 1.74. The molecular formula is C13H14ClN3. The highest BCUT2D eigenvalue weighted by Crippen LogP contribution is 2.12. The van der Waals surface area contributed by atoms with Crippen molar-refractivity contribution in [1.29, 1.82) is 0 Å². The first-order chi connectivity index (χ1) is 8.36. The first-order valence-electron chi connectivity index (χ1n) is 5.54. The third-order valence-corrected chi connectivity index (χ3v) is 2.83. The first kappa shape index (κ1) is 12.0. The fraction of sp³-hybridized carbons (Fsp3) is 0.231. The van der Waals surface area contributed by atoms with Gasteiger partial charge in [0.2, 0.25) is 0 Å². The van der Waals surface area contributed by atoms with Crippen LogP contribution in [-0.4, -0.2) is 16.5 Å². The molecule has 3 nitrogen and oxygen atoms in total. The second-order valence-electron chi connectivity index (χ2n) is 3.76. The summed E-state index contributed by atoms with van der Waals surface area (Å²) in [7, 11) is 0.